The second-order valence-electron chi connectivity index (χ2n) is 1.04. The van der Waals surface area contributed by atoms with E-state index in [-0.39, 0.29) is 0 Å². The van der Waals surface area contributed by atoms with Gasteiger partial charge in [0.15, 0.2) is 0 Å². The summed E-state index contributed by atoms with van der Waals surface area (Å²) in [7, 11) is 0. The molecule has 34 valence electrons. The first-order valence-electron chi connectivity index (χ1n) is 2.14. The van der Waals surface area contributed by atoms with Crippen molar-refractivity contribution in [2.24, 2.45) is 0 Å². The molecule has 6 heavy (non-hydrogen) atoms. The minimum absolute atomic E-state index is 1.21. The minimum atomic E-state index is 1.21. The van der Waals surface area contributed by atoms with Crippen molar-refractivity contribution in [1.29, 1.82) is 0 Å². The summed E-state index contributed by atoms with van der Waals surface area (Å²) in [6, 6.07) is 0. The third kappa shape index (κ3) is 4.28. The summed E-state index contributed by atoms with van der Waals surface area (Å²) in [5.41, 5.74) is 0. The van der Waals surface area contributed by atoms with Crippen molar-refractivity contribution in [2.45, 2.75) is 13.3 Å². The van der Waals surface area contributed by atoms with E-state index in [1.165, 1.54) is 12.2 Å². The third-order valence-corrected chi connectivity index (χ3v) is 1.32. The van der Waals surface area contributed by atoms with E-state index in [0.29, 0.717) is 0 Å². The fraction of sp³-hybridized carbons (Fsp3) is 0.750. The maximum atomic E-state index is 3.56. The molecule has 0 radical (unpaired) electrons. The predicted molar refractivity (Wildman–Crippen MR) is 35.6 cm³/mol. The zero-order chi connectivity index (χ0) is 4.83. The Morgan fingerprint density at radius 1 is 1.83 bits per heavy atom. The third-order valence-electron chi connectivity index (χ3n) is 0.440. The van der Waals surface area contributed by atoms with Crippen LogP contribution in [0, 0.1) is 0 Å². The van der Waals surface area contributed by atoms with E-state index in [4.69, 9.17) is 0 Å². The van der Waals surface area contributed by atoms with Gasteiger partial charge in [0.05, 0.1) is 0 Å². The molecule has 0 aromatic rings. The van der Waals surface area contributed by atoms with Crippen molar-refractivity contribution < 1.29 is 0 Å². The SMILES string of the molecule is C=BSCCC. The molecule has 0 N–H and O–H groups in total. The van der Waals surface area contributed by atoms with Gasteiger partial charge in [-0.15, -0.1) is 0 Å². The van der Waals surface area contributed by atoms with Gasteiger partial charge in [-0.1, -0.05) is 0 Å². The van der Waals surface area contributed by atoms with Crippen LogP contribution in [0.4, 0.5) is 0 Å². The van der Waals surface area contributed by atoms with Crippen LogP contribution in [0.5, 0.6) is 0 Å². The zero-order valence-corrected chi connectivity index (χ0v) is 4.92. The Kier molecular flexibility index (Phi) is 5.54. The molecule has 0 unspecified atom stereocenters. The van der Waals surface area contributed by atoms with Crippen molar-refractivity contribution in [3.8, 4) is 0 Å². The summed E-state index contributed by atoms with van der Waals surface area (Å²) in [5, 5.41) is 0. The summed E-state index contributed by atoms with van der Waals surface area (Å²) in [4.78, 5) is 0. The van der Waals surface area contributed by atoms with Gasteiger partial charge >= 0.3 is 43.4 Å². The molecule has 0 amide bonds. The second kappa shape index (κ2) is 5.28. The Balaban J connectivity index is 2.49. The zero-order valence-electron chi connectivity index (χ0n) is 4.11. The topological polar surface area (TPSA) is 0 Å². The molecule has 0 atom stereocenters. The van der Waals surface area contributed by atoms with Crippen molar-refractivity contribution in [2.75, 3.05) is 5.75 Å². The molecule has 0 saturated heterocycles. The molecule has 0 fully saturated rings. The van der Waals surface area contributed by atoms with Gasteiger partial charge in [0.1, 0.15) is 0 Å². The van der Waals surface area contributed by atoms with Gasteiger partial charge in [-0.3, -0.25) is 0 Å². The van der Waals surface area contributed by atoms with Gasteiger partial charge in [-0.2, -0.15) is 0 Å². The van der Waals surface area contributed by atoms with Crippen molar-refractivity contribution >= 4 is 24.3 Å². The molecule has 0 saturated carbocycles. The average Bonchev–Trinajstić information content (AvgIpc) is 1.61. The molecule has 0 rings (SSSR count). The molecule has 0 nitrogen and oxygen atoms in total. The molecule has 0 bridgehead atoms. The second-order valence-corrected chi connectivity index (χ2v) is 2.11. The molecule has 0 aliphatic heterocycles. The van der Waals surface area contributed by atoms with Gasteiger partial charge in [0, 0.05) is 0 Å². The van der Waals surface area contributed by atoms with Crippen LogP contribution >= 0.6 is 11.6 Å². The summed E-state index contributed by atoms with van der Waals surface area (Å²) in [6.45, 7) is 5.72. The summed E-state index contributed by atoms with van der Waals surface area (Å²) >= 11 is 1.77. The number of rotatable bonds is 3. The van der Waals surface area contributed by atoms with E-state index < -0.39 is 0 Å². The first kappa shape index (κ1) is 6.28. The van der Waals surface area contributed by atoms with Gasteiger partial charge < -0.3 is 0 Å². The Morgan fingerprint density at radius 3 is 2.67 bits per heavy atom. The molecular formula is C4H9BS. The molecule has 0 spiro atoms. The fourth-order valence-corrected chi connectivity index (χ4v) is 0.604. The molecule has 0 aliphatic rings. The van der Waals surface area contributed by atoms with Gasteiger partial charge in [-0.05, 0) is 0 Å². The van der Waals surface area contributed by atoms with Crippen LogP contribution in [0.3, 0.4) is 0 Å². The van der Waals surface area contributed by atoms with Crippen LogP contribution in [0.15, 0.2) is 0 Å². The molecule has 0 aromatic carbocycles. The quantitative estimate of drug-likeness (QED) is 0.379. The Labute approximate surface area is 44.1 Å². The van der Waals surface area contributed by atoms with Crippen LogP contribution in [0.1, 0.15) is 13.3 Å². The van der Waals surface area contributed by atoms with Crippen LogP contribution in [-0.2, 0) is 0 Å². The van der Waals surface area contributed by atoms with E-state index in [1.807, 2.05) is 6.20 Å². The Hall–Kier alpha value is 0.285. The normalized spacial score (nSPS) is 7.50. The van der Waals surface area contributed by atoms with Gasteiger partial charge in [-0.25, -0.2) is 0 Å². The predicted octanol–water partition coefficient (Wildman–Crippen LogP) is 1.18. The standard InChI is InChI=1S/C4H9BS/c1-3-4-6-5-2/h2-4H2,1H3. The molecule has 0 heterocycles. The van der Waals surface area contributed by atoms with Gasteiger partial charge in [0.2, 0.25) is 0 Å². The Morgan fingerprint density at radius 2 is 2.50 bits per heavy atom. The molecular weight excluding hydrogens is 90.9 g/mol. The van der Waals surface area contributed by atoms with E-state index in [2.05, 4.69) is 13.4 Å². The summed E-state index contributed by atoms with van der Waals surface area (Å²) in [5.74, 6) is 1.21. The van der Waals surface area contributed by atoms with E-state index in [9.17, 15) is 0 Å². The number of hydrogen-bond donors (Lipinski definition) is 0. The van der Waals surface area contributed by atoms with Crippen molar-refractivity contribution in [1.82, 2.24) is 0 Å². The Bertz CT molecular complexity index is 36.5. The maximum absolute atomic E-state index is 3.56. The average molecular weight is 100.0 g/mol. The fourth-order valence-electron chi connectivity index (χ4n) is 0.201. The van der Waals surface area contributed by atoms with Gasteiger partial charge in [0.25, 0.3) is 0 Å². The van der Waals surface area contributed by atoms with Crippen LogP contribution < -0.4 is 0 Å². The molecule has 0 aromatic heterocycles. The van der Waals surface area contributed by atoms with Crippen LogP contribution in [-0.4, -0.2) is 18.4 Å². The molecule has 0 aliphatic carbocycles. The monoisotopic (exact) mass is 100 g/mol. The van der Waals surface area contributed by atoms with E-state index in [1.54, 1.807) is 11.6 Å². The summed E-state index contributed by atoms with van der Waals surface area (Å²) in [6.07, 6.45) is 3.13. The van der Waals surface area contributed by atoms with E-state index >= 15 is 0 Å². The summed E-state index contributed by atoms with van der Waals surface area (Å²) < 4.78 is 0. The van der Waals surface area contributed by atoms with Crippen molar-refractivity contribution in [3.63, 3.8) is 0 Å². The number of hydrogen-bond acceptors (Lipinski definition) is 1. The first-order chi connectivity index (χ1) is 2.91. The van der Waals surface area contributed by atoms with Crippen LogP contribution in [0.25, 0.3) is 0 Å². The van der Waals surface area contributed by atoms with E-state index in [0.717, 1.165) is 0 Å². The van der Waals surface area contributed by atoms with Crippen LogP contribution in [0.2, 0.25) is 0 Å². The molecule has 2 heteroatoms. The van der Waals surface area contributed by atoms with Crippen molar-refractivity contribution in [3.05, 3.63) is 0 Å². The first-order valence-corrected chi connectivity index (χ1v) is 3.19.